The molecular weight excluding hydrogens is 428 g/mol. The van der Waals surface area contributed by atoms with Gasteiger partial charge in [0, 0.05) is 45.4 Å². The lowest BCUT2D eigenvalue weighted by Gasteiger charge is -2.34. The number of carbonyl (C=O) groups is 2. The van der Waals surface area contributed by atoms with Crippen LogP contribution < -0.4 is 10.1 Å². The number of piperidine rings is 1. The third kappa shape index (κ3) is 3.63. The Bertz CT molecular complexity index is 1230. The molecule has 2 aliphatic heterocycles. The lowest BCUT2D eigenvalue weighted by Crippen LogP contribution is -2.46. The van der Waals surface area contributed by atoms with Crippen LogP contribution in [0.25, 0.3) is 11.0 Å². The van der Waals surface area contributed by atoms with Gasteiger partial charge in [0.15, 0.2) is 6.10 Å². The van der Waals surface area contributed by atoms with Crippen molar-refractivity contribution in [1.82, 2.24) is 19.8 Å². The molecule has 2 aromatic carbocycles. The van der Waals surface area contributed by atoms with E-state index in [1.807, 2.05) is 54.4 Å². The molecule has 7 heteroatoms. The summed E-state index contributed by atoms with van der Waals surface area (Å²) in [5.41, 5.74) is 3.27. The summed E-state index contributed by atoms with van der Waals surface area (Å²) >= 11 is 0. The van der Waals surface area contributed by atoms with Crippen LogP contribution >= 0.6 is 0 Å². The number of hydrogen-bond donors (Lipinski definition) is 1. The number of rotatable bonds is 5. The minimum absolute atomic E-state index is 0.0668. The summed E-state index contributed by atoms with van der Waals surface area (Å²) in [5.74, 6) is 2.10. The van der Waals surface area contributed by atoms with E-state index in [4.69, 9.17) is 4.74 Å². The summed E-state index contributed by atoms with van der Waals surface area (Å²) in [6, 6.07) is 16.0. The number of benzene rings is 2. The molecule has 2 atom stereocenters. The molecule has 2 unspecified atom stereocenters. The van der Waals surface area contributed by atoms with Crippen molar-refractivity contribution in [2.45, 2.75) is 38.2 Å². The normalized spacial score (nSPS) is 22.4. The second-order valence-corrected chi connectivity index (χ2v) is 9.98. The number of aromatic nitrogens is 2. The van der Waals surface area contributed by atoms with E-state index in [9.17, 15) is 9.59 Å². The maximum Gasteiger partial charge on any atom is 0.263 e. The fourth-order valence-corrected chi connectivity index (χ4v) is 5.81. The number of hydrogen-bond acceptors (Lipinski definition) is 4. The number of amides is 2. The van der Waals surface area contributed by atoms with Crippen LogP contribution in [0.3, 0.4) is 0 Å². The molecule has 2 amide bonds. The topological polar surface area (TPSA) is 76.5 Å². The van der Waals surface area contributed by atoms with Crippen molar-refractivity contribution in [1.29, 1.82) is 0 Å². The van der Waals surface area contributed by atoms with Crippen molar-refractivity contribution in [2.75, 3.05) is 19.6 Å². The Morgan fingerprint density at radius 2 is 1.88 bits per heavy atom. The Balaban J connectivity index is 0.983. The summed E-state index contributed by atoms with van der Waals surface area (Å²) in [4.78, 5) is 32.5. The van der Waals surface area contributed by atoms with Crippen molar-refractivity contribution in [3.8, 4) is 5.75 Å². The summed E-state index contributed by atoms with van der Waals surface area (Å²) in [7, 11) is 2.02. The summed E-state index contributed by atoms with van der Waals surface area (Å²) < 4.78 is 7.99. The van der Waals surface area contributed by atoms with E-state index in [1.54, 1.807) is 0 Å². The first-order valence-electron chi connectivity index (χ1n) is 12.3. The lowest BCUT2D eigenvalue weighted by molar-refractivity contribution is -0.139. The SMILES string of the molecule is Cn1c(CCNC(=O)C2CC23CCN(C(=O)C2Cc4ccccc4O2)CC3)nc2ccccc21. The van der Waals surface area contributed by atoms with Crippen LogP contribution in [0.15, 0.2) is 48.5 Å². The van der Waals surface area contributed by atoms with E-state index >= 15 is 0 Å². The van der Waals surface area contributed by atoms with Gasteiger partial charge in [-0.2, -0.15) is 0 Å². The number of ether oxygens (including phenoxy) is 1. The molecular formula is C27H30N4O3. The smallest absolute Gasteiger partial charge is 0.263 e. The summed E-state index contributed by atoms with van der Waals surface area (Å²) in [5, 5.41) is 3.13. The Hall–Kier alpha value is -3.35. The standard InChI is InChI=1S/C27H30N4O3/c1-30-21-8-4-3-7-20(21)29-24(30)10-13-28-25(32)19-17-27(19)11-14-31(15-12-27)26(33)23-16-18-6-2-5-9-22(18)34-23/h2-9,19,23H,10-17H2,1H3,(H,28,32). The van der Waals surface area contributed by atoms with E-state index in [0.717, 1.165) is 47.4 Å². The number of imidazole rings is 1. The van der Waals surface area contributed by atoms with Crippen molar-refractivity contribution in [3.05, 3.63) is 59.9 Å². The van der Waals surface area contributed by atoms with Crippen LogP contribution in [-0.4, -0.2) is 52.0 Å². The Morgan fingerprint density at radius 3 is 2.68 bits per heavy atom. The first-order chi connectivity index (χ1) is 16.5. The van der Waals surface area contributed by atoms with Gasteiger partial charge in [0.1, 0.15) is 11.6 Å². The minimum atomic E-state index is -0.410. The Kier molecular flexibility index (Phi) is 5.08. The third-order valence-electron chi connectivity index (χ3n) is 8.03. The maximum absolute atomic E-state index is 13.0. The third-order valence-corrected chi connectivity index (χ3v) is 8.03. The largest absolute Gasteiger partial charge is 0.480 e. The zero-order chi connectivity index (χ0) is 23.3. The van der Waals surface area contributed by atoms with E-state index in [2.05, 4.69) is 20.9 Å². The fourth-order valence-electron chi connectivity index (χ4n) is 5.81. The molecule has 1 spiro atoms. The first kappa shape index (κ1) is 21.2. The van der Waals surface area contributed by atoms with E-state index in [1.165, 1.54) is 0 Å². The van der Waals surface area contributed by atoms with Crippen molar-refractivity contribution in [3.63, 3.8) is 0 Å². The predicted octanol–water partition coefficient (Wildman–Crippen LogP) is 2.86. The van der Waals surface area contributed by atoms with Gasteiger partial charge in [0.05, 0.1) is 11.0 Å². The number of fused-ring (bicyclic) bond motifs is 2. The first-order valence-corrected chi connectivity index (χ1v) is 12.3. The van der Waals surface area contributed by atoms with Gasteiger partial charge >= 0.3 is 0 Å². The van der Waals surface area contributed by atoms with Crippen LogP contribution in [0.1, 0.15) is 30.7 Å². The number of carbonyl (C=O) groups excluding carboxylic acids is 2. The molecule has 1 saturated heterocycles. The monoisotopic (exact) mass is 458 g/mol. The van der Waals surface area contributed by atoms with Gasteiger partial charge in [-0.05, 0) is 48.4 Å². The molecule has 0 radical (unpaired) electrons. The van der Waals surface area contributed by atoms with Gasteiger partial charge in [0.2, 0.25) is 5.91 Å². The molecule has 3 heterocycles. The highest BCUT2D eigenvalue weighted by Gasteiger charge is 2.58. The van der Waals surface area contributed by atoms with E-state index in [-0.39, 0.29) is 23.1 Å². The van der Waals surface area contributed by atoms with Gasteiger partial charge in [-0.1, -0.05) is 30.3 Å². The molecule has 6 rings (SSSR count). The number of aryl methyl sites for hydroxylation is 1. The molecule has 1 N–H and O–H groups in total. The lowest BCUT2D eigenvalue weighted by atomic mass is 9.90. The van der Waals surface area contributed by atoms with Gasteiger partial charge < -0.3 is 19.5 Å². The second-order valence-electron chi connectivity index (χ2n) is 9.98. The predicted molar refractivity (Wildman–Crippen MR) is 128 cm³/mol. The van der Waals surface area contributed by atoms with Crippen molar-refractivity contribution in [2.24, 2.45) is 18.4 Å². The molecule has 0 bridgehead atoms. The molecule has 7 nitrogen and oxygen atoms in total. The second kappa shape index (κ2) is 8.15. The molecule has 1 saturated carbocycles. The van der Waals surface area contributed by atoms with Crippen LogP contribution in [0.4, 0.5) is 0 Å². The Morgan fingerprint density at radius 1 is 1.12 bits per heavy atom. The van der Waals surface area contributed by atoms with Crippen molar-refractivity contribution < 1.29 is 14.3 Å². The minimum Gasteiger partial charge on any atom is -0.480 e. The molecule has 176 valence electrons. The van der Waals surface area contributed by atoms with Gasteiger partial charge in [-0.25, -0.2) is 4.98 Å². The van der Waals surface area contributed by atoms with Crippen LogP contribution in [0, 0.1) is 11.3 Å². The molecule has 34 heavy (non-hydrogen) atoms. The number of para-hydroxylation sites is 3. The molecule has 3 aromatic rings. The molecule has 1 aliphatic carbocycles. The molecule has 1 aromatic heterocycles. The van der Waals surface area contributed by atoms with Crippen LogP contribution in [-0.2, 0) is 29.5 Å². The average molecular weight is 459 g/mol. The zero-order valence-corrected chi connectivity index (χ0v) is 19.5. The summed E-state index contributed by atoms with van der Waals surface area (Å²) in [6.07, 6.45) is 3.66. The zero-order valence-electron chi connectivity index (χ0n) is 19.5. The van der Waals surface area contributed by atoms with E-state index < -0.39 is 6.10 Å². The van der Waals surface area contributed by atoms with E-state index in [0.29, 0.717) is 32.5 Å². The molecule has 2 fully saturated rings. The van der Waals surface area contributed by atoms with Crippen LogP contribution in [0.5, 0.6) is 5.75 Å². The maximum atomic E-state index is 13.0. The number of nitrogens with one attached hydrogen (secondary N) is 1. The highest BCUT2D eigenvalue weighted by molar-refractivity contribution is 5.84. The highest BCUT2D eigenvalue weighted by atomic mass is 16.5. The number of likely N-dealkylation sites (tertiary alicyclic amines) is 1. The average Bonchev–Trinajstić information content (AvgIpc) is 3.22. The van der Waals surface area contributed by atoms with Crippen LogP contribution in [0.2, 0.25) is 0 Å². The van der Waals surface area contributed by atoms with Gasteiger partial charge in [-0.15, -0.1) is 0 Å². The fraction of sp³-hybridized carbons (Fsp3) is 0.444. The summed E-state index contributed by atoms with van der Waals surface area (Å²) in [6.45, 7) is 2.00. The Labute approximate surface area is 199 Å². The van der Waals surface area contributed by atoms with Gasteiger partial charge in [-0.3, -0.25) is 9.59 Å². The molecule has 3 aliphatic rings. The van der Waals surface area contributed by atoms with Crippen molar-refractivity contribution >= 4 is 22.8 Å². The van der Waals surface area contributed by atoms with Gasteiger partial charge in [0.25, 0.3) is 5.91 Å². The highest BCUT2D eigenvalue weighted by Crippen LogP contribution is 2.59. The quantitative estimate of drug-likeness (QED) is 0.638. The number of nitrogens with zero attached hydrogens (tertiary/aromatic N) is 3.